The van der Waals surface area contributed by atoms with E-state index in [1.54, 1.807) is 4.90 Å². The van der Waals surface area contributed by atoms with Crippen LogP contribution in [0.15, 0.2) is 47.4 Å². The second kappa shape index (κ2) is 8.99. The third-order valence-corrected chi connectivity index (χ3v) is 10.7. The zero-order valence-electron chi connectivity index (χ0n) is 20.6. The molecule has 8 nitrogen and oxygen atoms in total. The standard InChI is InChI=1S/C24H23F6N3O5S2/c25-23(26,27)15-1-6-18(20(34)31-22-12-21(13-22,14-22)24(28,29)30)19(11-15)32-40(37,38)17-4-2-16(3-5-17)33-7-9-39(35,36)10-8-33/h1-6,11,32H,7-10,12-14H2,(H,31,34). The molecule has 6 rings (SSSR count). The van der Waals surface area contributed by atoms with Crippen molar-refractivity contribution in [3.8, 4) is 0 Å². The lowest BCUT2D eigenvalue weighted by Gasteiger charge is -2.70. The highest BCUT2D eigenvalue weighted by Gasteiger charge is 2.79. The van der Waals surface area contributed by atoms with Gasteiger partial charge in [-0.05, 0) is 61.7 Å². The minimum absolute atomic E-state index is 0.0620. The highest BCUT2D eigenvalue weighted by molar-refractivity contribution is 7.92. The quantitative estimate of drug-likeness (QED) is 0.479. The van der Waals surface area contributed by atoms with Crippen LogP contribution in [0.25, 0.3) is 0 Å². The number of sulfonamides is 1. The SMILES string of the molecule is O=C(NC12CC(C(F)(F)F)(C1)C2)c1ccc(C(F)(F)F)cc1NS(=O)(=O)c1ccc(N2CCS(=O)(=O)CC2)cc1. The van der Waals surface area contributed by atoms with E-state index in [1.165, 1.54) is 24.3 Å². The van der Waals surface area contributed by atoms with Gasteiger partial charge in [-0.15, -0.1) is 0 Å². The molecule has 0 unspecified atom stereocenters. The third-order valence-electron chi connectivity index (χ3n) is 7.70. The van der Waals surface area contributed by atoms with Gasteiger partial charge in [-0.1, -0.05) is 0 Å². The Bertz CT molecular complexity index is 1540. The van der Waals surface area contributed by atoms with Gasteiger partial charge in [-0.3, -0.25) is 9.52 Å². The van der Waals surface area contributed by atoms with E-state index in [0.29, 0.717) is 17.8 Å². The fraction of sp³-hybridized carbons (Fsp3) is 0.458. The molecule has 0 radical (unpaired) electrons. The van der Waals surface area contributed by atoms with Crippen molar-refractivity contribution in [2.24, 2.45) is 5.41 Å². The molecular formula is C24H23F6N3O5S2. The molecule has 1 saturated heterocycles. The van der Waals surface area contributed by atoms with Gasteiger partial charge in [0, 0.05) is 24.3 Å². The van der Waals surface area contributed by atoms with E-state index in [4.69, 9.17) is 0 Å². The van der Waals surface area contributed by atoms with Crippen LogP contribution in [0, 0.1) is 5.41 Å². The third kappa shape index (κ3) is 5.10. The Kier molecular flexibility index (Phi) is 6.41. The number of carbonyl (C=O) groups is 1. The Balaban J connectivity index is 1.36. The highest BCUT2D eigenvalue weighted by atomic mass is 32.2. The van der Waals surface area contributed by atoms with Crippen LogP contribution in [0.1, 0.15) is 35.2 Å². The molecule has 0 spiro atoms. The number of halogens is 6. The maximum atomic E-state index is 13.4. The average molecular weight is 612 g/mol. The fourth-order valence-electron chi connectivity index (χ4n) is 5.54. The van der Waals surface area contributed by atoms with E-state index in [9.17, 15) is 48.0 Å². The number of benzene rings is 2. The fourth-order valence-corrected chi connectivity index (χ4v) is 7.81. The Morgan fingerprint density at radius 3 is 2.00 bits per heavy atom. The van der Waals surface area contributed by atoms with Crippen LogP contribution < -0.4 is 14.9 Å². The number of amides is 1. The molecule has 40 heavy (non-hydrogen) atoms. The van der Waals surface area contributed by atoms with Crippen molar-refractivity contribution in [3.63, 3.8) is 0 Å². The molecule has 3 saturated carbocycles. The number of rotatable bonds is 6. The molecule has 2 bridgehead atoms. The summed E-state index contributed by atoms with van der Waals surface area (Å²) in [6, 6.07) is 7.03. The summed E-state index contributed by atoms with van der Waals surface area (Å²) in [5, 5.41) is 2.44. The van der Waals surface area contributed by atoms with Crippen molar-refractivity contribution in [2.75, 3.05) is 34.2 Å². The Morgan fingerprint density at radius 2 is 1.48 bits per heavy atom. The van der Waals surface area contributed by atoms with E-state index in [1.807, 2.05) is 4.72 Å². The summed E-state index contributed by atoms with van der Waals surface area (Å²) in [5.41, 5.74) is -4.88. The Morgan fingerprint density at radius 1 is 0.900 bits per heavy atom. The van der Waals surface area contributed by atoms with E-state index in [-0.39, 0.29) is 48.8 Å². The lowest BCUT2D eigenvalue weighted by Crippen LogP contribution is -2.78. The summed E-state index contributed by atoms with van der Waals surface area (Å²) < 4.78 is 131. The van der Waals surface area contributed by atoms with Gasteiger partial charge >= 0.3 is 12.4 Å². The first-order chi connectivity index (χ1) is 18.3. The van der Waals surface area contributed by atoms with Gasteiger partial charge < -0.3 is 10.2 Å². The average Bonchev–Trinajstić information content (AvgIpc) is 2.78. The summed E-state index contributed by atoms with van der Waals surface area (Å²) >= 11 is 0. The zero-order valence-corrected chi connectivity index (χ0v) is 22.2. The zero-order chi connectivity index (χ0) is 29.4. The maximum Gasteiger partial charge on any atom is 0.416 e. The van der Waals surface area contributed by atoms with E-state index in [2.05, 4.69) is 5.32 Å². The molecule has 2 N–H and O–H groups in total. The number of sulfone groups is 1. The van der Waals surface area contributed by atoms with Gasteiger partial charge in [0.25, 0.3) is 15.9 Å². The van der Waals surface area contributed by atoms with Crippen molar-refractivity contribution in [3.05, 3.63) is 53.6 Å². The van der Waals surface area contributed by atoms with Crippen molar-refractivity contribution in [2.45, 2.75) is 42.0 Å². The number of hydrogen-bond donors (Lipinski definition) is 2. The number of nitrogens with zero attached hydrogens (tertiary/aromatic N) is 1. The van der Waals surface area contributed by atoms with Crippen LogP contribution in [0.3, 0.4) is 0 Å². The number of hydrogen-bond acceptors (Lipinski definition) is 6. The molecular weight excluding hydrogens is 588 g/mol. The van der Waals surface area contributed by atoms with E-state index >= 15 is 0 Å². The molecule has 2 aromatic carbocycles. The van der Waals surface area contributed by atoms with Crippen LogP contribution in [0.2, 0.25) is 0 Å². The molecule has 1 aliphatic heterocycles. The summed E-state index contributed by atoms with van der Waals surface area (Å²) in [6.45, 7) is 0.419. The largest absolute Gasteiger partial charge is 0.416 e. The molecule has 0 atom stereocenters. The first-order valence-corrected chi connectivity index (χ1v) is 15.3. The van der Waals surface area contributed by atoms with Gasteiger partial charge in [-0.25, -0.2) is 16.8 Å². The predicted octanol–water partition coefficient (Wildman–Crippen LogP) is 3.96. The number of carbonyl (C=O) groups excluding carboxylic acids is 1. The molecule has 4 fully saturated rings. The molecule has 1 heterocycles. The topological polar surface area (TPSA) is 113 Å². The van der Waals surface area contributed by atoms with Gasteiger partial charge in [0.2, 0.25) is 0 Å². The van der Waals surface area contributed by atoms with Gasteiger partial charge in [0.15, 0.2) is 9.84 Å². The van der Waals surface area contributed by atoms with Crippen LogP contribution in [0.5, 0.6) is 0 Å². The van der Waals surface area contributed by atoms with Gasteiger partial charge in [0.1, 0.15) is 0 Å². The van der Waals surface area contributed by atoms with Crippen molar-refractivity contribution < 1.29 is 48.0 Å². The number of anilines is 2. The number of alkyl halides is 6. The lowest BCUT2D eigenvalue weighted by atomic mass is 9.39. The van der Waals surface area contributed by atoms with Gasteiger partial charge in [-0.2, -0.15) is 26.3 Å². The monoisotopic (exact) mass is 611 g/mol. The Labute approximate surface area is 225 Å². The normalized spacial score (nSPS) is 25.9. The summed E-state index contributed by atoms with van der Waals surface area (Å²) in [7, 11) is -7.65. The minimum atomic E-state index is -4.87. The van der Waals surface area contributed by atoms with E-state index in [0.717, 1.165) is 6.07 Å². The second-order valence-corrected chi connectivity index (χ2v) is 14.5. The first-order valence-electron chi connectivity index (χ1n) is 12.0. The summed E-state index contributed by atoms with van der Waals surface area (Å²) in [6.07, 6.45) is -10.4. The van der Waals surface area contributed by atoms with E-state index < -0.39 is 65.9 Å². The molecule has 4 aliphatic rings. The smallest absolute Gasteiger partial charge is 0.369 e. The highest BCUT2D eigenvalue weighted by Crippen LogP contribution is 2.73. The lowest BCUT2D eigenvalue weighted by molar-refractivity contribution is -0.336. The van der Waals surface area contributed by atoms with Crippen molar-refractivity contribution >= 4 is 37.1 Å². The van der Waals surface area contributed by atoms with Crippen LogP contribution in [0.4, 0.5) is 37.7 Å². The molecule has 16 heteroatoms. The minimum Gasteiger partial charge on any atom is -0.369 e. The summed E-state index contributed by atoms with van der Waals surface area (Å²) in [4.78, 5) is 14.4. The first kappa shape index (κ1) is 28.5. The molecule has 2 aromatic rings. The number of nitrogens with one attached hydrogen (secondary N) is 2. The Hall–Kier alpha value is -3.01. The van der Waals surface area contributed by atoms with Crippen LogP contribution in [-0.2, 0) is 26.0 Å². The van der Waals surface area contributed by atoms with Crippen LogP contribution >= 0.6 is 0 Å². The van der Waals surface area contributed by atoms with Crippen LogP contribution in [-0.4, -0.2) is 59.1 Å². The molecule has 1 amide bonds. The summed E-state index contributed by atoms with van der Waals surface area (Å²) in [5.74, 6) is -1.13. The predicted molar refractivity (Wildman–Crippen MR) is 132 cm³/mol. The second-order valence-electron chi connectivity index (χ2n) is 10.5. The van der Waals surface area contributed by atoms with Crippen molar-refractivity contribution in [1.82, 2.24) is 5.32 Å². The molecule has 0 aromatic heterocycles. The van der Waals surface area contributed by atoms with Crippen molar-refractivity contribution in [1.29, 1.82) is 0 Å². The maximum absolute atomic E-state index is 13.4. The van der Waals surface area contributed by atoms with Gasteiger partial charge in [0.05, 0.1) is 38.6 Å². The molecule has 3 aliphatic carbocycles. The molecule has 218 valence electrons.